The summed E-state index contributed by atoms with van der Waals surface area (Å²) in [6.07, 6.45) is 5.03. The van der Waals surface area contributed by atoms with E-state index < -0.39 is 0 Å². The summed E-state index contributed by atoms with van der Waals surface area (Å²) >= 11 is 0. The Morgan fingerprint density at radius 2 is 2.36 bits per heavy atom. The van der Waals surface area contributed by atoms with E-state index in [0.29, 0.717) is 12.1 Å². The third-order valence-electron chi connectivity index (χ3n) is 2.20. The zero-order chi connectivity index (χ0) is 9.97. The molecule has 0 aromatic carbocycles. The predicted octanol–water partition coefficient (Wildman–Crippen LogP) is 1.36. The van der Waals surface area contributed by atoms with Gasteiger partial charge in [-0.1, -0.05) is 0 Å². The first-order valence-corrected chi connectivity index (χ1v) is 4.63. The predicted molar refractivity (Wildman–Crippen MR) is 52.5 cm³/mol. The molecule has 0 atom stereocenters. The van der Waals surface area contributed by atoms with Crippen molar-refractivity contribution in [1.82, 2.24) is 9.38 Å². The lowest BCUT2D eigenvalue weighted by molar-refractivity contribution is 0.632. The van der Waals surface area contributed by atoms with Crippen LogP contribution < -0.4 is 5.73 Å². The van der Waals surface area contributed by atoms with Crippen molar-refractivity contribution in [2.24, 2.45) is 5.73 Å². The number of halogens is 1. The Balaban J connectivity index is 2.42. The van der Waals surface area contributed by atoms with E-state index in [1.165, 1.54) is 6.07 Å². The monoisotopic (exact) mass is 193 g/mol. The molecule has 3 nitrogen and oxygen atoms in total. The van der Waals surface area contributed by atoms with Crippen LogP contribution in [0.1, 0.15) is 12.2 Å². The molecule has 0 saturated heterocycles. The summed E-state index contributed by atoms with van der Waals surface area (Å²) in [5.41, 5.74) is 5.94. The molecule has 0 fully saturated rings. The number of nitrogens with two attached hydrogens (primary N) is 1. The van der Waals surface area contributed by atoms with E-state index in [1.807, 2.05) is 6.20 Å². The number of hydrogen-bond donors (Lipinski definition) is 1. The quantitative estimate of drug-likeness (QED) is 0.799. The molecule has 0 aliphatic carbocycles. The maximum Gasteiger partial charge on any atom is 0.148 e. The highest BCUT2D eigenvalue weighted by molar-refractivity contribution is 5.47. The Labute approximate surface area is 81.4 Å². The average Bonchev–Trinajstić information content (AvgIpc) is 2.60. The Morgan fingerprint density at radius 1 is 1.50 bits per heavy atom. The van der Waals surface area contributed by atoms with Gasteiger partial charge in [0, 0.05) is 12.6 Å². The van der Waals surface area contributed by atoms with Gasteiger partial charge in [-0.05, 0) is 25.1 Å². The highest BCUT2D eigenvalue weighted by atomic mass is 19.1. The number of pyridine rings is 1. The maximum atomic E-state index is 13.2. The van der Waals surface area contributed by atoms with E-state index in [-0.39, 0.29) is 5.82 Å². The van der Waals surface area contributed by atoms with Crippen molar-refractivity contribution in [3.05, 3.63) is 36.2 Å². The van der Waals surface area contributed by atoms with Crippen molar-refractivity contribution >= 4 is 5.52 Å². The van der Waals surface area contributed by atoms with E-state index >= 15 is 0 Å². The third kappa shape index (κ3) is 1.48. The van der Waals surface area contributed by atoms with Gasteiger partial charge in [-0.25, -0.2) is 9.37 Å². The van der Waals surface area contributed by atoms with Crippen molar-refractivity contribution in [1.29, 1.82) is 0 Å². The fourth-order valence-electron chi connectivity index (χ4n) is 1.49. The topological polar surface area (TPSA) is 43.3 Å². The molecule has 0 saturated carbocycles. The summed E-state index contributed by atoms with van der Waals surface area (Å²) in [5, 5.41) is 0. The van der Waals surface area contributed by atoms with Gasteiger partial charge in [0.2, 0.25) is 0 Å². The van der Waals surface area contributed by atoms with Crippen LogP contribution in [0.5, 0.6) is 0 Å². The molecule has 0 aliphatic rings. The Bertz CT molecular complexity index is 436. The molecular formula is C10H12FN3. The van der Waals surface area contributed by atoms with Crippen LogP contribution in [-0.4, -0.2) is 15.9 Å². The number of aromatic nitrogens is 2. The van der Waals surface area contributed by atoms with Gasteiger partial charge in [0.05, 0.1) is 6.20 Å². The Kier molecular flexibility index (Phi) is 2.45. The minimum absolute atomic E-state index is 0.237. The fraction of sp³-hybridized carbons (Fsp3) is 0.300. The molecule has 14 heavy (non-hydrogen) atoms. The van der Waals surface area contributed by atoms with Gasteiger partial charge in [-0.2, -0.15) is 0 Å². The summed E-state index contributed by atoms with van der Waals surface area (Å²) < 4.78 is 15.0. The third-order valence-corrected chi connectivity index (χ3v) is 2.20. The molecule has 4 heteroatoms. The van der Waals surface area contributed by atoms with Gasteiger partial charge in [-0.15, -0.1) is 0 Å². The lowest BCUT2D eigenvalue weighted by atomic mass is 10.3. The highest BCUT2D eigenvalue weighted by Crippen LogP contribution is 2.11. The average molecular weight is 193 g/mol. The van der Waals surface area contributed by atoms with Gasteiger partial charge in [-0.3, -0.25) is 0 Å². The lowest BCUT2D eigenvalue weighted by Gasteiger charge is -1.99. The van der Waals surface area contributed by atoms with Gasteiger partial charge < -0.3 is 10.1 Å². The lowest BCUT2D eigenvalue weighted by Crippen LogP contribution is -2.03. The Hall–Kier alpha value is -1.42. The van der Waals surface area contributed by atoms with E-state index in [9.17, 15) is 4.39 Å². The molecule has 0 amide bonds. The number of nitrogens with zero attached hydrogens (tertiary/aromatic N) is 2. The van der Waals surface area contributed by atoms with Crippen LogP contribution in [0.4, 0.5) is 4.39 Å². The van der Waals surface area contributed by atoms with Gasteiger partial charge in [0.1, 0.15) is 17.2 Å². The van der Waals surface area contributed by atoms with Crippen molar-refractivity contribution in [2.75, 3.05) is 6.54 Å². The molecule has 2 rings (SSSR count). The number of hydrogen-bond acceptors (Lipinski definition) is 2. The fourth-order valence-corrected chi connectivity index (χ4v) is 1.49. The molecule has 2 N–H and O–H groups in total. The molecule has 0 spiro atoms. The van der Waals surface area contributed by atoms with Crippen LogP contribution in [-0.2, 0) is 6.42 Å². The molecule has 2 aromatic rings. The molecular weight excluding hydrogens is 181 g/mol. The van der Waals surface area contributed by atoms with E-state index in [1.54, 1.807) is 16.7 Å². The molecule has 74 valence electrons. The minimum Gasteiger partial charge on any atom is -0.330 e. The van der Waals surface area contributed by atoms with Crippen molar-refractivity contribution in [2.45, 2.75) is 12.8 Å². The van der Waals surface area contributed by atoms with Crippen molar-refractivity contribution in [3.8, 4) is 0 Å². The molecule has 0 radical (unpaired) electrons. The number of fused-ring (bicyclic) bond motifs is 1. The van der Waals surface area contributed by atoms with Crippen molar-refractivity contribution < 1.29 is 4.39 Å². The van der Waals surface area contributed by atoms with Crippen LogP contribution in [0.25, 0.3) is 5.52 Å². The summed E-state index contributed by atoms with van der Waals surface area (Å²) in [7, 11) is 0. The second kappa shape index (κ2) is 3.75. The van der Waals surface area contributed by atoms with Gasteiger partial charge >= 0.3 is 0 Å². The standard InChI is InChI=1S/C10H12FN3/c11-8-3-2-6-14-9(8)7-13-10(14)4-1-5-12/h2-3,6-7H,1,4-5,12H2. The second-order valence-electron chi connectivity index (χ2n) is 3.18. The SMILES string of the molecule is NCCCc1ncc2c(F)cccn12. The normalized spacial score (nSPS) is 11.0. The van der Waals surface area contributed by atoms with Gasteiger partial charge in [0.15, 0.2) is 0 Å². The zero-order valence-electron chi connectivity index (χ0n) is 7.78. The van der Waals surface area contributed by atoms with Crippen molar-refractivity contribution in [3.63, 3.8) is 0 Å². The van der Waals surface area contributed by atoms with Crippen LogP contribution in [0.3, 0.4) is 0 Å². The number of imidazole rings is 1. The largest absolute Gasteiger partial charge is 0.330 e. The highest BCUT2D eigenvalue weighted by Gasteiger charge is 2.05. The zero-order valence-corrected chi connectivity index (χ0v) is 7.78. The van der Waals surface area contributed by atoms with Crippen LogP contribution in [0, 0.1) is 5.82 Å². The maximum absolute atomic E-state index is 13.2. The summed E-state index contributed by atoms with van der Waals surface area (Å²) in [4.78, 5) is 4.16. The summed E-state index contributed by atoms with van der Waals surface area (Å²) in [5.74, 6) is 0.629. The summed E-state index contributed by atoms with van der Waals surface area (Å²) in [6.45, 7) is 0.629. The van der Waals surface area contributed by atoms with E-state index in [4.69, 9.17) is 5.73 Å². The smallest absolute Gasteiger partial charge is 0.148 e. The van der Waals surface area contributed by atoms with Crippen LogP contribution in [0.15, 0.2) is 24.5 Å². The Morgan fingerprint density at radius 3 is 3.14 bits per heavy atom. The summed E-state index contributed by atoms with van der Waals surface area (Å²) in [6, 6.07) is 3.11. The molecule has 2 heterocycles. The van der Waals surface area contributed by atoms with Crippen LogP contribution >= 0.6 is 0 Å². The number of rotatable bonds is 3. The first-order chi connectivity index (χ1) is 6.83. The minimum atomic E-state index is -0.237. The number of aryl methyl sites for hydroxylation is 1. The first kappa shape index (κ1) is 9.15. The second-order valence-corrected chi connectivity index (χ2v) is 3.18. The van der Waals surface area contributed by atoms with E-state index in [0.717, 1.165) is 18.7 Å². The molecule has 2 aromatic heterocycles. The van der Waals surface area contributed by atoms with Gasteiger partial charge in [0.25, 0.3) is 0 Å². The van der Waals surface area contributed by atoms with E-state index in [2.05, 4.69) is 4.98 Å². The molecule has 0 bridgehead atoms. The molecule has 0 aliphatic heterocycles. The molecule has 0 unspecified atom stereocenters. The van der Waals surface area contributed by atoms with Crippen LogP contribution in [0.2, 0.25) is 0 Å². The first-order valence-electron chi connectivity index (χ1n) is 4.63.